The van der Waals surface area contributed by atoms with Gasteiger partial charge in [-0.3, -0.25) is 14.9 Å². The number of amides is 3. The second kappa shape index (κ2) is 9.65. The molecular weight excluding hydrogens is 386 g/mol. The highest BCUT2D eigenvalue weighted by atomic mass is 32.2. The molecule has 1 aliphatic carbocycles. The zero-order valence-corrected chi connectivity index (χ0v) is 16.7. The molecule has 1 aromatic rings. The molecule has 1 atom stereocenters. The molecule has 0 aliphatic heterocycles. The number of benzene rings is 1. The summed E-state index contributed by atoms with van der Waals surface area (Å²) in [7, 11) is -3.91. The molecule has 0 aromatic heterocycles. The lowest BCUT2D eigenvalue weighted by molar-refractivity contribution is -0.149. The third-order valence-electron chi connectivity index (χ3n) is 4.31. The number of hydrogen-bond acceptors (Lipinski definition) is 6. The van der Waals surface area contributed by atoms with E-state index in [0.717, 1.165) is 31.2 Å². The Morgan fingerprint density at radius 2 is 1.75 bits per heavy atom. The van der Waals surface area contributed by atoms with Crippen LogP contribution in [-0.4, -0.2) is 45.0 Å². The number of esters is 1. The van der Waals surface area contributed by atoms with Crippen LogP contribution in [0.2, 0.25) is 0 Å². The Kier molecular flexibility index (Phi) is 7.53. The molecule has 0 saturated heterocycles. The smallest absolute Gasteiger partial charge is 0.324 e. The molecule has 154 valence electrons. The lowest BCUT2D eigenvalue weighted by atomic mass is 10.2. The first-order chi connectivity index (χ1) is 13.2. The van der Waals surface area contributed by atoms with Crippen molar-refractivity contribution >= 4 is 27.9 Å². The van der Waals surface area contributed by atoms with Gasteiger partial charge in [0.05, 0.1) is 4.90 Å². The fourth-order valence-corrected chi connectivity index (χ4v) is 3.97. The molecule has 2 rings (SSSR count). The summed E-state index contributed by atoms with van der Waals surface area (Å²) < 4.78 is 31.5. The molecule has 9 nitrogen and oxygen atoms in total. The number of carbonyl (C=O) groups excluding carboxylic acids is 3. The number of rotatable bonds is 7. The SMILES string of the molecule is Cc1ccc(S(=O)(=O)N[C@@H](C)C(=O)OCC(=O)NC(=O)NC2CCCC2)cc1. The summed E-state index contributed by atoms with van der Waals surface area (Å²) in [6.07, 6.45) is 3.81. The van der Waals surface area contributed by atoms with Gasteiger partial charge in [0.1, 0.15) is 6.04 Å². The summed E-state index contributed by atoms with van der Waals surface area (Å²) in [6.45, 7) is 2.44. The molecule has 1 fully saturated rings. The van der Waals surface area contributed by atoms with E-state index in [1.807, 2.05) is 6.92 Å². The zero-order chi connectivity index (χ0) is 20.7. The molecule has 0 heterocycles. The second-order valence-electron chi connectivity index (χ2n) is 6.77. The highest BCUT2D eigenvalue weighted by molar-refractivity contribution is 7.89. The predicted molar refractivity (Wildman–Crippen MR) is 101 cm³/mol. The Balaban J connectivity index is 1.77. The first-order valence-electron chi connectivity index (χ1n) is 9.03. The van der Waals surface area contributed by atoms with Crippen LogP contribution in [-0.2, 0) is 24.3 Å². The van der Waals surface area contributed by atoms with Crippen molar-refractivity contribution in [3.63, 3.8) is 0 Å². The van der Waals surface area contributed by atoms with E-state index in [-0.39, 0.29) is 10.9 Å². The maximum absolute atomic E-state index is 12.3. The minimum absolute atomic E-state index is 0.0130. The molecule has 3 N–H and O–H groups in total. The van der Waals surface area contributed by atoms with Gasteiger partial charge < -0.3 is 10.1 Å². The van der Waals surface area contributed by atoms with Gasteiger partial charge in [-0.2, -0.15) is 4.72 Å². The number of hydrogen-bond donors (Lipinski definition) is 3. The van der Waals surface area contributed by atoms with Gasteiger partial charge in [0, 0.05) is 6.04 Å². The van der Waals surface area contributed by atoms with Crippen molar-refractivity contribution in [2.24, 2.45) is 0 Å². The van der Waals surface area contributed by atoms with Gasteiger partial charge in [-0.25, -0.2) is 13.2 Å². The predicted octanol–water partition coefficient (Wildman–Crippen LogP) is 0.973. The van der Waals surface area contributed by atoms with Gasteiger partial charge in [-0.15, -0.1) is 0 Å². The zero-order valence-electron chi connectivity index (χ0n) is 15.9. The van der Waals surface area contributed by atoms with E-state index in [9.17, 15) is 22.8 Å². The Bertz CT molecular complexity index is 816. The normalized spacial score (nSPS) is 15.6. The number of nitrogens with one attached hydrogen (secondary N) is 3. The van der Waals surface area contributed by atoms with E-state index in [4.69, 9.17) is 4.74 Å². The Labute approximate surface area is 164 Å². The molecule has 0 radical (unpaired) electrons. The molecule has 0 spiro atoms. The molecule has 1 aromatic carbocycles. The van der Waals surface area contributed by atoms with Crippen molar-refractivity contribution in [2.75, 3.05) is 6.61 Å². The summed E-state index contributed by atoms with van der Waals surface area (Å²) in [6, 6.07) is 4.33. The molecule has 3 amide bonds. The van der Waals surface area contributed by atoms with Crippen molar-refractivity contribution in [1.82, 2.24) is 15.4 Å². The fourth-order valence-electron chi connectivity index (χ4n) is 2.78. The van der Waals surface area contributed by atoms with Crippen LogP contribution in [0.1, 0.15) is 38.2 Å². The van der Waals surface area contributed by atoms with Gasteiger partial charge >= 0.3 is 12.0 Å². The Morgan fingerprint density at radius 1 is 1.14 bits per heavy atom. The largest absolute Gasteiger partial charge is 0.454 e. The second-order valence-corrected chi connectivity index (χ2v) is 8.48. The van der Waals surface area contributed by atoms with Gasteiger partial charge in [-0.05, 0) is 38.8 Å². The van der Waals surface area contributed by atoms with Crippen LogP contribution in [0.15, 0.2) is 29.2 Å². The van der Waals surface area contributed by atoms with Crippen LogP contribution in [0.5, 0.6) is 0 Å². The van der Waals surface area contributed by atoms with Crippen molar-refractivity contribution in [1.29, 1.82) is 0 Å². The Hall–Kier alpha value is -2.46. The average Bonchev–Trinajstić information content (AvgIpc) is 3.12. The minimum Gasteiger partial charge on any atom is -0.454 e. The minimum atomic E-state index is -3.91. The molecular formula is C18H25N3O6S. The van der Waals surface area contributed by atoms with Crippen LogP contribution in [0, 0.1) is 6.92 Å². The topological polar surface area (TPSA) is 131 Å². The van der Waals surface area contributed by atoms with Gasteiger partial charge in [-0.1, -0.05) is 30.5 Å². The summed E-state index contributed by atoms with van der Waals surface area (Å²) >= 11 is 0. The fraction of sp³-hybridized carbons (Fsp3) is 0.500. The van der Waals surface area contributed by atoms with Crippen molar-refractivity contribution < 1.29 is 27.5 Å². The number of sulfonamides is 1. The van der Waals surface area contributed by atoms with E-state index < -0.39 is 40.6 Å². The van der Waals surface area contributed by atoms with E-state index in [0.29, 0.717) is 0 Å². The molecule has 28 heavy (non-hydrogen) atoms. The third kappa shape index (κ3) is 6.61. The molecule has 1 saturated carbocycles. The Morgan fingerprint density at radius 3 is 2.36 bits per heavy atom. The summed E-state index contributed by atoms with van der Waals surface area (Å²) in [5.74, 6) is -1.72. The van der Waals surface area contributed by atoms with Crippen molar-refractivity contribution in [2.45, 2.75) is 56.5 Å². The van der Waals surface area contributed by atoms with E-state index in [1.54, 1.807) is 12.1 Å². The maximum Gasteiger partial charge on any atom is 0.324 e. The van der Waals surface area contributed by atoms with Gasteiger partial charge in [0.25, 0.3) is 5.91 Å². The summed E-state index contributed by atoms with van der Waals surface area (Å²) in [5.41, 5.74) is 0.898. The number of aryl methyl sites for hydroxylation is 1. The van der Waals surface area contributed by atoms with Crippen LogP contribution in [0.3, 0.4) is 0 Å². The lowest BCUT2D eigenvalue weighted by Crippen LogP contribution is -2.46. The quantitative estimate of drug-likeness (QED) is 0.573. The molecule has 10 heteroatoms. The maximum atomic E-state index is 12.3. The number of carbonyl (C=O) groups is 3. The standard InChI is InChI=1S/C18H25N3O6S/c1-12-7-9-15(10-8-12)28(25,26)21-13(2)17(23)27-11-16(22)20-18(24)19-14-5-3-4-6-14/h7-10,13-14,21H,3-6,11H2,1-2H3,(H2,19,20,22,24)/t13-/m0/s1. The van der Waals surface area contributed by atoms with Crippen molar-refractivity contribution in [3.05, 3.63) is 29.8 Å². The first kappa shape index (κ1) is 21.8. The van der Waals surface area contributed by atoms with Crippen LogP contribution < -0.4 is 15.4 Å². The van der Waals surface area contributed by atoms with Gasteiger partial charge in [0.15, 0.2) is 6.61 Å². The number of urea groups is 1. The summed E-state index contributed by atoms with van der Waals surface area (Å²) in [5, 5.41) is 4.75. The van der Waals surface area contributed by atoms with Gasteiger partial charge in [0.2, 0.25) is 10.0 Å². The van der Waals surface area contributed by atoms with E-state index in [2.05, 4.69) is 15.4 Å². The van der Waals surface area contributed by atoms with Crippen molar-refractivity contribution in [3.8, 4) is 0 Å². The monoisotopic (exact) mass is 411 g/mol. The molecule has 1 aliphatic rings. The number of ether oxygens (including phenoxy) is 1. The van der Waals surface area contributed by atoms with E-state index in [1.165, 1.54) is 19.1 Å². The van der Waals surface area contributed by atoms with Crippen LogP contribution >= 0.6 is 0 Å². The third-order valence-corrected chi connectivity index (χ3v) is 5.86. The number of imide groups is 1. The average molecular weight is 411 g/mol. The first-order valence-corrected chi connectivity index (χ1v) is 10.5. The lowest BCUT2D eigenvalue weighted by Gasteiger charge is -2.14. The summed E-state index contributed by atoms with van der Waals surface area (Å²) in [4.78, 5) is 35.3. The molecule has 0 unspecified atom stereocenters. The highest BCUT2D eigenvalue weighted by Gasteiger charge is 2.24. The highest BCUT2D eigenvalue weighted by Crippen LogP contribution is 2.17. The van der Waals surface area contributed by atoms with E-state index >= 15 is 0 Å². The molecule has 0 bridgehead atoms. The van der Waals surface area contributed by atoms with Crippen LogP contribution in [0.25, 0.3) is 0 Å². The van der Waals surface area contributed by atoms with Crippen LogP contribution in [0.4, 0.5) is 4.79 Å².